The number of hydrogen-bond acceptors (Lipinski definition) is 1. The van der Waals surface area contributed by atoms with E-state index < -0.39 is 0 Å². The molecule has 1 N–H and O–H groups in total. The molecule has 0 saturated heterocycles. The number of benzene rings is 2. The maximum absolute atomic E-state index is 9.46. The molecule has 102 valence electrons. The van der Waals surface area contributed by atoms with Crippen LogP contribution in [0.1, 0.15) is 11.1 Å². The third kappa shape index (κ3) is 2.31. The number of halogens is 2. The van der Waals surface area contributed by atoms with Gasteiger partial charge in [0.05, 0.1) is 13.2 Å². The molecule has 0 bridgehead atoms. The quantitative estimate of drug-likeness (QED) is 0.758. The van der Waals surface area contributed by atoms with Gasteiger partial charge in [0.15, 0.2) is 0 Å². The molecule has 0 radical (unpaired) electrons. The average molecular weight is 306 g/mol. The molecule has 1 heterocycles. The Hall–Kier alpha value is -1.48. The van der Waals surface area contributed by atoms with E-state index in [1.165, 1.54) is 0 Å². The van der Waals surface area contributed by atoms with Crippen LogP contribution >= 0.6 is 23.2 Å². The van der Waals surface area contributed by atoms with Gasteiger partial charge in [-0.05, 0) is 18.2 Å². The van der Waals surface area contributed by atoms with Crippen LogP contribution < -0.4 is 0 Å². The lowest BCUT2D eigenvalue weighted by atomic mass is 10.2. The Labute approximate surface area is 127 Å². The minimum atomic E-state index is 0.0176. The Bertz CT molecular complexity index is 744. The summed E-state index contributed by atoms with van der Waals surface area (Å²) in [6, 6.07) is 13.5. The Morgan fingerprint density at radius 2 is 1.65 bits per heavy atom. The normalized spacial score (nSPS) is 11.2. The molecule has 0 aliphatic heterocycles. The third-order valence-corrected chi connectivity index (χ3v) is 4.14. The fourth-order valence-electron chi connectivity index (χ4n) is 2.43. The fourth-order valence-corrected chi connectivity index (χ4v) is 2.95. The second kappa shape index (κ2) is 5.49. The smallest absolute Gasteiger partial charge is 0.0702 e. The van der Waals surface area contributed by atoms with E-state index in [1.807, 2.05) is 48.7 Å². The summed E-state index contributed by atoms with van der Waals surface area (Å²) in [5.41, 5.74) is 2.86. The maximum atomic E-state index is 9.46. The van der Waals surface area contributed by atoms with Gasteiger partial charge in [-0.1, -0.05) is 47.5 Å². The Morgan fingerprint density at radius 3 is 2.35 bits per heavy atom. The van der Waals surface area contributed by atoms with E-state index >= 15 is 0 Å². The molecule has 0 aliphatic carbocycles. The highest BCUT2D eigenvalue weighted by molar-refractivity contribution is 6.36. The first kappa shape index (κ1) is 13.5. The minimum absolute atomic E-state index is 0.0176. The van der Waals surface area contributed by atoms with Gasteiger partial charge in [-0.3, -0.25) is 0 Å². The van der Waals surface area contributed by atoms with Gasteiger partial charge in [-0.15, -0.1) is 0 Å². The number of aliphatic hydroxyl groups excluding tert-OH is 1. The van der Waals surface area contributed by atoms with Gasteiger partial charge in [0.25, 0.3) is 0 Å². The first-order chi connectivity index (χ1) is 9.70. The number of nitrogens with zero attached hydrogens (tertiary/aromatic N) is 1. The molecule has 0 spiro atoms. The Kier molecular flexibility index (Phi) is 3.70. The van der Waals surface area contributed by atoms with Crippen LogP contribution in [0.4, 0.5) is 0 Å². The predicted octanol–water partition coefficient (Wildman–Crippen LogP) is 4.49. The van der Waals surface area contributed by atoms with E-state index in [1.54, 1.807) is 0 Å². The number of hydrogen-bond donors (Lipinski definition) is 1. The maximum Gasteiger partial charge on any atom is 0.0702 e. The number of para-hydroxylation sites is 1. The fraction of sp³-hybridized carbons (Fsp3) is 0.125. The zero-order valence-corrected chi connectivity index (χ0v) is 12.2. The lowest BCUT2D eigenvalue weighted by Gasteiger charge is -2.09. The van der Waals surface area contributed by atoms with E-state index in [-0.39, 0.29) is 6.61 Å². The molecule has 20 heavy (non-hydrogen) atoms. The van der Waals surface area contributed by atoms with Crippen molar-refractivity contribution in [2.75, 3.05) is 0 Å². The standard InChI is InChI=1S/C16H13Cl2NO/c17-14-5-3-6-15(18)13(14)9-19-8-11(10-20)12-4-1-2-7-16(12)19/h1-8,20H,9-10H2. The van der Waals surface area contributed by atoms with Crippen molar-refractivity contribution in [2.45, 2.75) is 13.2 Å². The van der Waals surface area contributed by atoms with E-state index in [9.17, 15) is 5.11 Å². The zero-order chi connectivity index (χ0) is 14.1. The van der Waals surface area contributed by atoms with Crippen molar-refractivity contribution in [1.82, 2.24) is 4.57 Å². The number of aromatic nitrogens is 1. The molecule has 1 aromatic heterocycles. The van der Waals surface area contributed by atoms with Crippen molar-refractivity contribution in [3.63, 3.8) is 0 Å². The van der Waals surface area contributed by atoms with Gasteiger partial charge < -0.3 is 9.67 Å². The second-order valence-electron chi connectivity index (χ2n) is 4.66. The zero-order valence-electron chi connectivity index (χ0n) is 10.7. The minimum Gasteiger partial charge on any atom is -0.392 e. The average Bonchev–Trinajstić information content (AvgIpc) is 2.81. The molecule has 2 nitrogen and oxygen atoms in total. The summed E-state index contributed by atoms with van der Waals surface area (Å²) in [7, 11) is 0. The molecule has 2 aromatic carbocycles. The van der Waals surface area contributed by atoms with Crippen LogP contribution in [0.2, 0.25) is 10.0 Å². The van der Waals surface area contributed by atoms with Crippen LogP contribution in [0.5, 0.6) is 0 Å². The molecule has 0 unspecified atom stereocenters. The van der Waals surface area contributed by atoms with E-state index in [2.05, 4.69) is 4.57 Å². The summed E-state index contributed by atoms with van der Waals surface area (Å²) in [6.45, 7) is 0.600. The first-order valence-corrected chi connectivity index (χ1v) is 7.07. The summed E-state index contributed by atoms with van der Waals surface area (Å²) in [5, 5.41) is 11.8. The summed E-state index contributed by atoms with van der Waals surface area (Å²) >= 11 is 12.4. The Balaban J connectivity index is 2.12. The molecule has 0 fully saturated rings. The van der Waals surface area contributed by atoms with Crippen molar-refractivity contribution in [2.24, 2.45) is 0 Å². The highest BCUT2D eigenvalue weighted by atomic mass is 35.5. The molecule has 0 amide bonds. The molecule has 0 atom stereocenters. The molecule has 4 heteroatoms. The van der Waals surface area contributed by atoms with Crippen molar-refractivity contribution in [3.8, 4) is 0 Å². The van der Waals surface area contributed by atoms with Crippen LogP contribution in [0.25, 0.3) is 10.9 Å². The third-order valence-electron chi connectivity index (χ3n) is 3.43. The van der Waals surface area contributed by atoms with Crippen LogP contribution in [-0.2, 0) is 13.2 Å². The van der Waals surface area contributed by atoms with Crippen LogP contribution in [0, 0.1) is 0 Å². The number of rotatable bonds is 3. The van der Waals surface area contributed by atoms with Crippen molar-refractivity contribution < 1.29 is 5.11 Å². The highest BCUT2D eigenvalue weighted by Crippen LogP contribution is 2.28. The molecule has 0 saturated carbocycles. The van der Waals surface area contributed by atoms with Crippen molar-refractivity contribution >= 4 is 34.1 Å². The van der Waals surface area contributed by atoms with Gasteiger partial charge in [0, 0.05) is 38.3 Å². The lowest BCUT2D eigenvalue weighted by molar-refractivity contribution is 0.283. The van der Waals surface area contributed by atoms with Gasteiger partial charge in [-0.2, -0.15) is 0 Å². The monoisotopic (exact) mass is 305 g/mol. The molecule has 3 aromatic rings. The second-order valence-corrected chi connectivity index (χ2v) is 5.47. The van der Waals surface area contributed by atoms with Crippen LogP contribution in [0.15, 0.2) is 48.7 Å². The number of aliphatic hydroxyl groups is 1. The largest absolute Gasteiger partial charge is 0.392 e. The summed E-state index contributed by atoms with van der Waals surface area (Å²) < 4.78 is 2.06. The van der Waals surface area contributed by atoms with E-state index in [0.717, 1.165) is 22.0 Å². The van der Waals surface area contributed by atoms with Gasteiger partial charge in [0.2, 0.25) is 0 Å². The first-order valence-electron chi connectivity index (χ1n) is 6.31. The summed E-state index contributed by atoms with van der Waals surface area (Å²) in [5.74, 6) is 0. The van der Waals surface area contributed by atoms with E-state index in [0.29, 0.717) is 16.6 Å². The van der Waals surface area contributed by atoms with Crippen LogP contribution in [-0.4, -0.2) is 9.67 Å². The number of fused-ring (bicyclic) bond motifs is 1. The van der Waals surface area contributed by atoms with Gasteiger partial charge in [-0.25, -0.2) is 0 Å². The van der Waals surface area contributed by atoms with Crippen LogP contribution in [0.3, 0.4) is 0 Å². The van der Waals surface area contributed by atoms with Gasteiger partial charge in [0.1, 0.15) is 0 Å². The molecular weight excluding hydrogens is 293 g/mol. The van der Waals surface area contributed by atoms with E-state index in [4.69, 9.17) is 23.2 Å². The van der Waals surface area contributed by atoms with Gasteiger partial charge >= 0.3 is 0 Å². The van der Waals surface area contributed by atoms with Crippen molar-refractivity contribution in [3.05, 3.63) is 69.8 Å². The Morgan fingerprint density at radius 1 is 0.950 bits per heavy atom. The predicted molar refractivity (Wildman–Crippen MR) is 83.4 cm³/mol. The molecule has 0 aliphatic rings. The topological polar surface area (TPSA) is 25.2 Å². The summed E-state index contributed by atoms with van der Waals surface area (Å²) in [6.07, 6.45) is 1.95. The highest BCUT2D eigenvalue weighted by Gasteiger charge is 2.11. The summed E-state index contributed by atoms with van der Waals surface area (Å²) in [4.78, 5) is 0. The van der Waals surface area contributed by atoms with Crippen molar-refractivity contribution in [1.29, 1.82) is 0 Å². The molecule has 3 rings (SSSR count). The SMILES string of the molecule is OCc1cn(Cc2c(Cl)cccc2Cl)c2ccccc12. The molecular formula is C16H13Cl2NO. The lowest BCUT2D eigenvalue weighted by Crippen LogP contribution is -1.99.